The molecule has 3 nitrogen and oxygen atoms in total. The van der Waals surface area contributed by atoms with Gasteiger partial charge in [0.2, 0.25) is 0 Å². The van der Waals surface area contributed by atoms with Crippen LogP contribution in [0.3, 0.4) is 0 Å². The quantitative estimate of drug-likeness (QED) is 0.208. The number of benzene rings is 6. The Morgan fingerprint density at radius 3 is 1.73 bits per heavy atom. The van der Waals surface area contributed by atoms with Crippen molar-refractivity contribution < 1.29 is 9.47 Å². The molecule has 0 spiro atoms. The van der Waals surface area contributed by atoms with Gasteiger partial charge in [-0.1, -0.05) is 121 Å². The van der Waals surface area contributed by atoms with Crippen molar-refractivity contribution in [1.29, 1.82) is 0 Å². The van der Waals surface area contributed by atoms with E-state index in [1.54, 1.807) is 0 Å². The standard InChI is InChI=1S/C42H27NO2/c1-3-11-31(12-4-1)42(32-13-5-2-6-14-32)35-16-8-7-15-33(35)34-26-40-41(27-36(34)42)44-38-23-22-30(25-39(38)45-40)28-18-20-29(21-19-28)37-17-9-10-24-43-37/h1-27H. The highest BCUT2D eigenvalue weighted by molar-refractivity contribution is 5.88. The molecule has 2 heterocycles. The van der Waals surface area contributed by atoms with Gasteiger partial charge in [0.25, 0.3) is 0 Å². The third-order valence-electron chi connectivity index (χ3n) is 9.09. The number of hydrogen-bond donors (Lipinski definition) is 0. The van der Waals surface area contributed by atoms with Gasteiger partial charge in [-0.3, -0.25) is 4.98 Å². The van der Waals surface area contributed by atoms with Crippen LogP contribution < -0.4 is 9.47 Å². The highest BCUT2D eigenvalue weighted by Crippen LogP contribution is 2.59. The summed E-state index contributed by atoms with van der Waals surface area (Å²) >= 11 is 0. The van der Waals surface area contributed by atoms with Crippen LogP contribution >= 0.6 is 0 Å². The zero-order chi connectivity index (χ0) is 29.8. The third kappa shape index (κ3) is 3.94. The predicted molar refractivity (Wildman–Crippen MR) is 179 cm³/mol. The van der Waals surface area contributed by atoms with Gasteiger partial charge in [0.15, 0.2) is 23.0 Å². The molecule has 0 atom stereocenters. The van der Waals surface area contributed by atoms with Crippen molar-refractivity contribution in [2.75, 3.05) is 0 Å². The summed E-state index contributed by atoms with van der Waals surface area (Å²) in [4.78, 5) is 4.48. The van der Waals surface area contributed by atoms with Crippen molar-refractivity contribution in [3.8, 4) is 56.5 Å². The summed E-state index contributed by atoms with van der Waals surface area (Å²) in [5, 5.41) is 0. The van der Waals surface area contributed by atoms with E-state index in [4.69, 9.17) is 9.47 Å². The van der Waals surface area contributed by atoms with Crippen LogP contribution in [0.4, 0.5) is 0 Å². The fourth-order valence-electron chi connectivity index (χ4n) is 7.06. The Morgan fingerprint density at radius 2 is 1.00 bits per heavy atom. The molecule has 0 amide bonds. The van der Waals surface area contributed by atoms with Gasteiger partial charge in [0.05, 0.1) is 11.1 Å². The molecule has 0 fully saturated rings. The van der Waals surface area contributed by atoms with E-state index < -0.39 is 5.41 Å². The molecular formula is C42H27NO2. The predicted octanol–water partition coefficient (Wildman–Crippen LogP) is 10.7. The number of ether oxygens (including phenoxy) is 2. The molecule has 0 radical (unpaired) electrons. The molecule has 9 rings (SSSR count). The van der Waals surface area contributed by atoms with Gasteiger partial charge in [0.1, 0.15) is 0 Å². The number of pyridine rings is 1. The molecule has 212 valence electrons. The van der Waals surface area contributed by atoms with Gasteiger partial charge in [0, 0.05) is 11.8 Å². The van der Waals surface area contributed by atoms with Crippen LogP contribution in [0, 0.1) is 0 Å². The second-order valence-corrected chi connectivity index (χ2v) is 11.5. The Hall–Kier alpha value is -5.93. The van der Waals surface area contributed by atoms with E-state index in [2.05, 4.69) is 138 Å². The molecule has 0 bridgehead atoms. The highest BCUT2D eigenvalue weighted by Gasteiger charge is 2.47. The van der Waals surface area contributed by atoms with Crippen molar-refractivity contribution in [3.63, 3.8) is 0 Å². The number of fused-ring (bicyclic) bond motifs is 5. The highest BCUT2D eigenvalue weighted by atomic mass is 16.6. The first-order chi connectivity index (χ1) is 22.3. The summed E-state index contributed by atoms with van der Waals surface area (Å²) in [6, 6.07) is 55.2. The SMILES string of the molecule is c1ccc(C2(c3ccccc3)c3ccccc3-c3cc4c(cc32)Oc2ccc(-c3ccc(-c5ccccn5)cc3)cc2O4)cc1. The van der Waals surface area contributed by atoms with Crippen LogP contribution in [-0.4, -0.2) is 4.98 Å². The van der Waals surface area contributed by atoms with Crippen molar-refractivity contribution in [2.45, 2.75) is 5.41 Å². The van der Waals surface area contributed by atoms with Crippen molar-refractivity contribution in [3.05, 3.63) is 186 Å². The minimum atomic E-state index is -0.488. The van der Waals surface area contributed by atoms with Crippen molar-refractivity contribution in [1.82, 2.24) is 4.98 Å². The lowest BCUT2D eigenvalue weighted by Crippen LogP contribution is -2.28. The summed E-state index contributed by atoms with van der Waals surface area (Å²) in [7, 11) is 0. The summed E-state index contributed by atoms with van der Waals surface area (Å²) in [5.41, 5.74) is 11.0. The van der Waals surface area contributed by atoms with Gasteiger partial charge < -0.3 is 9.47 Å². The third-order valence-corrected chi connectivity index (χ3v) is 9.09. The lowest BCUT2D eigenvalue weighted by atomic mass is 9.67. The molecule has 0 unspecified atom stereocenters. The monoisotopic (exact) mass is 577 g/mol. The average molecular weight is 578 g/mol. The smallest absolute Gasteiger partial charge is 0.170 e. The first kappa shape index (κ1) is 25.6. The maximum Gasteiger partial charge on any atom is 0.170 e. The van der Waals surface area contributed by atoms with E-state index in [1.807, 2.05) is 30.5 Å². The first-order valence-corrected chi connectivity index (χ1v) is 15.2. The van der Waals surface area contributed by atoms with Crippen LogP contribution in [0.2, 0.25) is 0 Å². The van der Waals surface area contributed by atoms with Crippen LogP contribution in [0.5, 0.6) is 23.0 Å². The van der Waals surface area contributed by atoms with E-state index >= 15 is 0 Å². The maximum atomic E-state index is 6.62. The molecule has 7 aromatic rings. The summed E-state index contributed by atoms with van der Waals surface area (Å²) < 4.78 is 13.2. The summed E-state index contributed by atoms with van der Waals surface area (Å²) in [6.45, 7) is 0. The first-order valence-electron chi connectivity index (χ1n) is 15.2. The molecular weight excluding hydrogens is 550 g/mol. The molecule has 45 heavy (non-hydrogen) atoms. The normalized spacial score (nSPS) is 13.4. The lowest BCUT2D eigenvalue weighted by Gasteiger charge is -2.34. The number of hydrogen-bond acceptors (Lipinski definition) is 3. The molecule has 1 aliphatic carbocycles. The Labute approximate surface area is 262 Å². The Morgan fingerprint density at radius 1 is 0.400 bits per heavy atom. The molecule has 2 aliphatic rings. The fraction of sp³-hybridized carbons (Fsp3) is 0.0238. The Bertz CT molecular complexity index is 2150. The molecule has 6 aromatic carbocycles. The van der Waals surface area contributed by atoms with Gasteiger partial charge in [-0.05, 0) is 80.9 Å². The Kier molecular flexibility index (Phi) is 5.72. The summed E-state index contributed by atoms with van der Waals surface area (Å²) in [5.74, 6) is 2.85. The van der Waals surface area contributed by atoms with Gasteiger partial charge in [-0.2, -0.15) is 0 Å². The molecule has 0 N–H and O–H groups in total. The van der Waals surface area contributed by atoms with Crippen LogP contribution in [-0.2, 0) is 5.41 Å². The summed E-state index contributed by atoms with van der Waals surface area (Å²) in [6.07, 6.45) is 1.82. The van der Waals surface area contributed by atoms with Gasteiger partial charge in [-0.25, -0.2) is 0 Å². The maximum absolute atomic E-state index is 6.62. The van der Waals surface area contributed by atoms with Crippen molar-refractivity contribution in [2.24, 2.45) is 0 Å². The number of rotatable bonds is 4. The van der Waals surface area contributed by atoms with Crippen LogP contribution in [0.1, 0.15) is 22.3 Å². The zero-order valence-corrected chi connectivity index (χ0v) is 24.4. The average Bonchev–Trinajstić information content (AvgIpc) is 3.40. The molecule has 1 aromatic heterocycles. The lowest BCUT2D eigenvalue weighted by molar-refractivity contribution is 0.359. The van der Waals surface area contributed by atoms with E-state index in [9.17, 15) is 0 Å². The molecule has 1 aliphatic heterocycles. The van der Waals surface area contributed by atoms with Crippen LogP contribution in [0.25, 0.3) is 33.5 Å². The second kappa shape index (κ2) is 10.1. The van der Waals surface area contributed by atoms with E-state index in [0.29, 0.717) is 11.5 Å². The molecule has 3 heteroatoms. The van der Waals surface area contributed by atoms with E-state index in [-0.39, 0.29) is 0 Å². The van der Waals surface area contributed by atoms with E-state index in [1.165, 1.54) is 27.8 Å². The Balaban J connectivity index is 1.15. The van der Waals surface area contributed by atoms with Gasteiger partial charge in [-0.15, -0.1) is 0 Å². The minimum absolute atomic E-state index is 0.488. The number of aromatic nitrogens is 1. The van der Waals surface area contributed by atoms with Crippen molar-refractivity contribution >= 4 is 0 Å². The molecule has 0 saturated carbocycles. The number of nitrogens with zero attached hydrogens (tertiary/aromatic N) is 1. The molecule has 0 saturated heterocycles. The largest absolute Gasteiger partial charge is 0.450 e. The second-order valence-electron chi connectivity index (χ2n) is 11.5. The zero-order valence-electron chi connectivity index (χ0n) is 24.4. The van der Waals surface area contributed by atoms with E-state index in [0.717, 1.165) is 39.4 Å². The van der Waals surface area contributed by atoms with Gasteiger partial charge >= 0.3 is 0 Å². The minimum Gasteiger partial charge on any atom is -0.450 e. The van der Waals surface area contributed by atoms with Crippen LogP contribution in [0.15, 0.2) is 164 Å². The topological polar surface area (TPSA) is 31.4 Å². The fourth-order valence-corrected chi connectivity index (χ4v) is 7.06.